The van der Waals surface area contributed by atoms with Gasteiger partial charge in [0.2, 0.25) is 0 Å². The van der Waals surface area contributed by atoms with Crippen molar-refractivity contribution in [3.05, 3.63) is 76.3 Å². The molecule has 0 aliphatic rings. The highest BCUT2D eigenvalue weighted by molar-refractivity contribution is 5.72. The summed E-state index contributed by atoms with van der Waals surface area (Å²) in [4.78, 5) is 16.6. The van der Waals surface area contributed by atoms with E-state index < -0.39 is 0 Å². The fourth-order valence-corrected chi connectivity index (χ4v) is 2.72. The number of nitrogens with one attached hydrogen (secondary N) is 1. The number of benzene rings is 2. The summed E-state index contributed by atoms with van der Waals surface area (Å²) in [5.41, 5.74) is 3.72. The predicted molar refractivity (Wildman–Crippen MR) is 81.6 cm³/mol. The standard InChI is InChI=1S/C17H13N3O2/c21-17-16-14(11-10-12-6-2-1-3-7-12)18-13-8-4-5-9-15(13)20(16)19-22-17/h1-9H,10-11H2/p+1. The molecule has 0 saturated carbocycles. The van der Waals surface area contributed by atoms with Crippen molar-refractivity contribution in [2.75, 3.05) is 0 Å². The Morgan fingerprint density at radius 2 is 1.77 bits per heavy atom. The first kappa shape index (κ1) is 12.8. The van der Waals surface area contributed by atoms with Gasteiger partial charge < -0.3 is 0 Å². The van der Waals surface area contributed by atoms with Gasteiger partial charge in [-0.2, -0.15) is 0 Å². The van der Waals surface area contributed by atoms with Crippen LogP contribution in [0.2, 0.25) is 0 Å². The molecule has 0 aliphatic heterocycles. The van der Waals surface area contributed by atoms with Crippen LogP contribution in [-0.4, -0.2) is 10.3 Å². The zero-order valence-electron chi connectivity index (χ0n) is 11.8. The zero-order valence-corrected chi connectivity index (χ0v) is 11.8. The highest BCUT2D eigenvalue weighted by Crippen LogP contribution is 2.12. The Labute approximate surface area is 125 Å². The van der Waals surface area contributed by atoms with Crippen LogP contribution in [0.4, 0.5) is 0 Å². The first-order valence-electron chi connectivity index (χ1n) is 7.18. The van der Waals surface area contributed by atoms with Crippen molar-refractivity contribution in [3.63, 3.8) is 0 Å². The summed E-state index contributed by atoms with van der Waals surface area (Å²) in [6.45, 7) is 0. The topological polar surface area (TPSA) is 63.0 Å². The Morgan fingerprint density at radius 3 is 2.64 bits per heavy atom. The van der Waals surface area contributed by atoms with Gasteiger partial charge in [0.25, 0.3) is 5.52 Å². The molecule has 0 spiro atoms. The third-order valence-electron chi connectivity index (χ3n) is 3.79. The molecule has 4 rings (SSSR count). The Bertz CT molecular complexity index is 1000. The number of hydrogen-bond acceptors (Lipinski definition) is 3. The van der Waals surface area contributed by atoms with E-state index in [2.05, 4.69) is 22.4 Å². The molecule has 0 saturated heterocycles. The van der Waals surface area contributed by atoms with E-state index in [9.17, 15) is 4.79 Å². The lowest BCUT2D eigenvalue weighted by Crippen LogP contribution is -2.28. The van der Waals surface area contributed by atoms with Gasteiger partial charge in [-0.1, -0.05) is 42.5 Å². The Morgan fingerprint density at radius 1 is 1.00 bits per heavy atom. The third kappa shape index (κ3) is 2.07. The summed E-state index contributed by atoms with van der Waals surface area (Å²) in [6, 6.07) is 17.8. The lowest BCUT2D eigenvalue weighted by atomic mass is 10.1. The fraction of sp³-hybridized carbons (Fsp3) is 0.118. The molecule has 5 heteroatoms. The second kappa shape index (κ2) is 5.11. The second-order valence-corrected chi connectivity index (χ2v) is 5.20. The van der Waals surface area contributed by atoms with Gasteiger partial charge in [0.15, 0.2) is 0 Å². The molecular formula is C17H14N3O2+. The maximum Gasteiger partial charge on any atom is 0.437 e. The average Bonchev–Trinajstić information content (AvgIpc) is 2.96. The predicted octanol–water partition coefficient (Wildman–Crippen LogP) is 2.04. The van der Waals surface area contributed by atoms with E-state index in [0.717, 1.165) is 23.1 Å². The van der Waals surface area contributed by atoms with Gasteiger partial charge in [0.1, 0.15) is 11.2 Å². The van der Waals surface area contributed by atoms with Crippen LogP contribution >= 0.6 is 0 Å². The molecule has 108 valence electrons. The molecule has 5 nitrogen and oxygen atoms in total. The maximum absolute atomic E-state index is 12.0. The van der Waals surface area contributed by atoms with Gasteiger partial charge in [0, 0.05) is 12.5 Å². The van der Waals surface area contributed by atoms with Gasteiger partial charge in [-0.15, -0.1) is 0 Å². The van der Waals surface area contributed by atoms with E-state index in [1.807, 2.05) is 42.5 Å². The number of aromatic amines is 1. The van der Waals surface area contributed by atoms with Gasteiger partial charge >= 0.3 is 11.1 Å². The van der Waals surface area contributed by atoms with Crippen molar-refractivity contribution in [2.45, 2.75) is 12.8 Å². The van der Waals surface area contributed by atoms with Crippen LogP contribution in [0.1, 0.15) is 11.3 Å². The lowest BCUT2D eigenvalue weighted by Gasteiger charge is -2.01. The van der Waals surface area contributed by atoms with Crippen molar-refractivity contribution in [1.29, 1.82) is 0 Å². The van der Waals surface area contributed by atoms with E-state index >= 15 is 0 Å². The van der Waals surface area contributed by atoms with Crippen LogP contribution in [0.25, 0.3) is 16.6 Å². The van der Waals surface area contributed by atoms with E-state index in [0.29, 0.717) is 11.9 Å². The monoisotopic (exact) mass is 292 g/mol. The minimum absolute atomic E-state index is 0.388. The highest BCUT2D eigenvalue weighted by atomic mass is 16.5. The molecule has 0 aliphatic carbocycles. The van der Waals surface area contributed by atoms with Crippen LogP contribution in [0.15, 0.2) is 63.9 Å². The number of para-hydroxylation sites is 2. The number of H-pyrrole nitrogens is 1. The van der Waals surface area contributed by atoms with Gasteiger partial charge in [0.05, 0.1) is 0 Å². The van der Waals surface area contributed by atoms with Crippen LogP contribution < -0.4 is 10.1 Å². The second-order valence-electron chi connectivity index (χ2n) is 5.20. The number of hydrogen-bond donors (Lipinski definition) is 1. The van der Waals surface area contributed by atoms with Crippen LogP contribution in [0.5, 0.6) is 0 Å². The van der Waals surface area contributed by atoms with Gasteiger partial charge in [-0.05, 0) is 27.8 Å². The molecule has 0 amide bonds. The van der Waals surface area contributed by atoms with Crippen molar-refractivity contribution in [1.82, 2.24) is 10.3 Å². The first-order valence-corrected chi connectivity index (χ1v) is 7.18. The number of aryl methyl sites for hydroxylation is 2. The van der Waals surface area contributed by atoms with E-state index in [-0.39, 0.29) is 5.63 Å². The quantitative estimate of drug-likeness (QED) is 0.588. The first-order chi connectivity index (χ1) is 10.8. The van der Waals surface area contributed by atoms with Crippen LogP contribution in [0.3, 0.4) is 0 Å². The number of aromatic nitrogens is 3. The molecule has 22 heavy (non-hydrogen) atoms. The summed E-state index contributed by atoms with van der Waals surface area (Å²) in [7, 11) is 0. The Balaban J connectivity index is 1.84. The van der Waals surface area contributed by atoms with E-state index in [1.54, 1.807) is 4.52 Å². The van der Waals surface area contributed by atoms with Crippen LogP contribution in [0, 0.1) is 0 Å². The average molecular weight is 292 g/mol. The van der Waals surface area contributed by atoms with E-state index in [1.165, 1.54) is 5.56 Å². The Hall–Kier alpha value is -2.95. The molecule has 1 N–H and O–H groups in total. The lowest BCUT2D eigenvalue weighted by molar-refractivity contribution is -0.568. The largest absolute Gasteiger partial charge is 0.437 e. The molecule has 0 unspecified atom stereocenters. The molecule has 0 bridgehead atoms. The van der Waals surface area contributed by atoms with Crippen molar-refractivity contribution in [2.24, 2.45) is 0 Å². The number of rotatable bonds is 3. The summed E-state index contributed by atoms with van der Waals surface area (Å²) < 4.78 is 6.63. The molecule has 0 fully saturated rings. The van der Waals surface area contributed by atoms with Gasteiger partial charge in [-0.3, -0.25) is 4.52 Å². The fourth-order valence-electron chi connectivity index (χ4n) is 2.72. The van der Waals surface area contributed by atoms with Crippen molar-refractivity contribution >= 4 is 16.6 Å². The molecule has 0 radical (unpaired) electrons. The summed E-state index contributed by atoms with van der Waals surface area (Å²) >= 11 is 0. The minimum Gasteiger partial charge on any atom is -0.282 e. The molecule has 2 aromatic carbocycles. The summed E-state index contributed by atoms with van der Waals surface area (Å²) in [6.07, 6.45) is 1.51. The smallest absolute Gasteiger partial charge is 0.282 e. The molecule has 2 aromatic heterocycles. The van der Waals surface area contributed by atoms with Crippen molar-refractivity contribution in [3.8, 4) is 0 Å². The zero-order chi connectivity index (χ0) is 14.9. The molecule has 4 aromatic rings. The minimum atomic E-state index is -0.388. The maximum atomic E-state index is 12.0. The molecular weight excluding hydrogens is 278 g/mol. The molecule has 0 atom stereocenters. The van der Waals surface area contributed by atoms with Crippen molar-refractivity contribution < 1.29 is 9.04 Å². The van der Waals surface area contributed by atoms with Gasteiger partial charge in [-0.25, -0.2) is 9.78 Å². The van der Waals surface area contributed by atoms with E-state index in [4.69, 9.17) is 4.52 Å². The third-order valence-corrected chi connectivity index (χ3v) is 3.79. The Kier molecular flexibility index (Phi) is 2.96. The number of nitrogens with zero attached hydrogens (tertiary/aromatic N) is 2. The number of fused-ring (bicyclic) bond motifs is 3. The van der Waals surface area contributed by atoms with Crippen LogP contribution in [-0.2, 0) is 12.8 Å². The SMILES string of the molecule is O=c1o[nH][n+]2c1c(CCc1ccccc1)nc1ccccc12. The normalized spacial score (nSPS) is 11.3. The molecule has 2 heterocycles. The summed E-state index contributed by atoms with van der Waals surface area (Å²) in [5.74, 6) is 0. The highest BCUT2D eigenvalue weighted by Gasteiger charge is 2.22. The summed E-state index contributed by atoms with van der Waals surface area (Å²) in [5, 5.41) is 2.66.